The van der Waals surface area contributed by atoms with Gasteiger partial charge in [0.1, 0.15) is 5.82 Å². The predicted octanol–water partition coefficient (Wildman–Crippen LogP) is 7.59. The molecule has 148 valence electrons. The molecule has 1 aromatic heterocycles. The van der Waals surface area contributed by atoms with Crippen LogP contribution in [0.5, 0.6) is 0 Å². The SMILES string of the molecule is CC(C)Cc1cc(CC(C)C)cc(-c2nccc3c2ccc2cc(F)ccc23)c1. The second-order valence-electron chi connectivity index (χ2n) is 8.92. The Hall–Kier alpha value is -2.74. The van der Waals surface area contributed by atoms with E-state index in [0.29, 0.717) is 11.8 Å². The topological polar surface area (TPSA) is 12.9 Å². The van der Waals surface area contributed by atoms with Crippen molar-refractivity contribution in [1.82, 2.24) is 4.98 Å². The number of hydrogen-bond acceptors (Lipinski definition) is 1. The lowest BCUT2D eigenvalue weighted by Crippen LogP contribution is -2.00. The molecule has 0 amide bonds. The molecule has 4 rings (SSSR count). The van der Waals surface area contributed by atoms with Crippen molar-refractivity contribution in [1.29, 1.82) is 0 Å². The van der Waals surface area contributed by atoms with E-state index >= 15 is 0 Å². The number of aromatic nitrogens is 1. The minimum absolute atomic E-state index is 0.203. The lowest BCUT2D eigenvalue weighted by atomic mass is 9.92. The molecule has 0 fully saturated rings. The molecule has 0 unspecified atom stereocenters. The Balaban J connectivity index is 1.92. The fraction of sp³-hybridized carbons (Fsp3) is 0.296. The first-order valence-corrected chi connectivity index (χ1v) is 10.5. The van der Waals surface area contributed by atoms with Crippen molar-refractivity contribution in [3.05, 3.63) is 77.7 Å². The summed E-state index contributed by atoms with van der Waals surface area (Å²) >= 11 is 0. The summed E-state index contributed by atoms with van der Waals surface area (Å²) in [4.78, 5) is 4.77. The van der Waals surface area contributed by atoms with E-state index in [1.165, 1.54) is 22.8 Å². The van der Waals surface area contributed by atoms with Crippen molar-refractivity contribution >= 4 is 21.5 Å². The molecule has 0 bridgehead atoms. The minimum atomic E-state index is -0.203. The van der Waals surface area contributed by atoms with Gasteiger partial charge in [-0.15, -0.1) is 0 Å². The summed E-state index contributed by atoms with van der Waals surface area (Å²) in [5, 5.41) is 4.22. The normalized spacial score (nSPS) is 11.8. The summed E-state index contributed by atoms with van der Waals surface area (Å²) in [6, 6.07) is 18.1. The molecule has 1 heterocycles. The molecule has 0 saturated heterocycles. The first-order chi connectivity index (χ1) is 13.9. The Labute approximate surface area is 172 Å². The van der Waals surface area contributed by atoms with Gasteiger partial charge < -0.3 is 0 Å². The van der Waals surface area contributed by atoms with Crippen LogP contribution >= 0.6 is 0 Å². The van der Waals surface area contributed by atoms with Crippen LogP contribution in [-0.4, -0.2) is 4.98 Å². The number of hydrogen-bond donors (Lipinski definition) is 0. The lowest BCUT2D eigenvalue weighted by molar-refractivity contribution is 0.630. The average Bonchev–Trinajstić information content (AvgIpc) is 2.65. The molecule has 0 spiro atoms. The third-order valence-corrected chi connectivity index (χ3v) is 5.34. The van der Waals surface area contributed by atoms with Crippen molar-refractivity contribution in [3.63, 3.8) is 0 Å². The molecule has 0 saturated carbocycles. The molecule has 0 N–H and O–H groups in total. The summed E-state index contributed by atoms with van der Waals surface area (Å²) in [5.74, 6) is 1.01. The van der Waals surface area contributed by atoms with Crippen LogP contribution in [0.2, 0.25) is 0 Å². The summed E-state index contributed by atoms with van der Waals surface area (Å²) in [7, 11) is 0. The third-order valence-electron chi connectivity index (χ3n) is 5.34. The fourth-order valence-corrected chi connectivity index (χ4v) is 4.27. The smallest absolute Gasteiger partial charge is 0.123 e. The van der Waals surface area contributed by atoms with Gasteiger partial charge in [0.15, 0.2) is 0 Å². The number of rotatable bonds is 5. The van der Waals surface area contributed by atoms with Crippen LogP contribution in [0.15, 0.2) is 60.8 Å². The standard InChI is InChI=1S/C27H28FN/c1-17(2)11-19-13-20(12-18(3)4)15-22(14-19)27-26-7-5-21-16-23(28)6-8-24(21)25(26)9-10-29-27/h5-10,13-18H,11-12H2,1-4H3. The Morgan fingerprint density at radius 2 is 1.38 bits per heavy atom. The van der Waals surface area contributed by atoms with E-state index in [2.05, 4.69) is 52.0 Å². The highest BCUT2D eigenvalue weighted by Crippen LogP contribution is 2.33. The van der Waals surface area contributed by atoms with Gasteiger partial charge in [0.2, 0.25) is 0 Å². The lowest BCUT2D eigenvalue weighted by Gasteiger charge is -2.14. The van der Waals surface area contributed by atoms with Crippen LogP contribution in [0.25, 0.3) is 32.8 Å². The summed E-state index contributed by atoms with van der Waals surface area (Å²) in [6.07, 6.45) is 4.00. The highest BCUT2D eigenvalue weighted by molar-refractivity contribution is 6.11. The van der Waals surface area contributed by atoms with Crippen molar-refractivity contribution in [2.75, 3.05) is 0 Å². The van der Waals surface area contributed by atoms with Crippen molar-refractivity contribution in [2.24, 2.45) is 11.8 Å². The van der Waals surface area contributed by atoms with Crippen LogP contribution in [0.4, 0.5) is 4.39 Å². The molecule has 0 aliphatic carbocycles. The van der Waals surface area contributed by atoms with Crippen LogP contribution < -0.4 is 0 Å². The third kappa shape index (κ3) is 4.17. The molecule has 0 aliphatic heterocycles. The highest BCUT2D eigenvalue weighted by atomic mass is 19.1. The zero-order valence-electron chi connectivity index (χ0n) is 17.7. The Bertz CT molecular complexity index is 1150. The monoisotopic (exact) mass is 385 g/mol. The highest BCUT2D eigenvalue weighted by Gasteiger charge is 2.12. The van der Waals surface area contributed by atoms with E-state index in [1.54, 1.807) is 6.07 Å². The number of nitrogens with zero attached hydrogens (tertiary/aromatic N) is 1. The zero-order valence-corrected chi connectivity index (χ0v) is 17.7. The number of halogens is 1. The molecule has 2 heteroatoms. The zero-order chi connectivity index (χ0) is 20.5. The van der Waals surface area contributed by atoms with Crippen LogP contribution in [0, 0.1) is 17.7 Å². The molecule has 0 aliphatic rings. The molecular formula is C27H28FN. The maximum absolute atomic E-state index is 13.7. The largest absolute Gasteiger partial charge is 0.256 e. The molecular weight excluding hydrogens is 357 g/mol. The Morgan fingerprint density at radius 1 is 0.724 bits per heavy atom. The first-order valence-electron chi connectivity index (χ1n) is 10.5. The quantitative estimate of drug-likeness (QED) is 0.322. The fourth-order valence-electron chi connectivity index (χ4n) is 4.27. The van der Waals surface area contributed by atoms with Crippen LogP contribution in [0.3, 0.4) is 0 Å². The van der Waals surface area contributed by atoms with Gasteiger partial charge in [-0.05, 0) is 82.3 Å². The number of benzene rings is 3. The van der Waals surface area contributed by atoms with Crippen molar-refractivity contribution in [2.45, 2.75) is 40.5 Å². The molecule has 1 nitrogen and oxygen atoms in total. The first kappa shape index (κ1) is 19.6. The Kier molecular flexibility index (Phi) is 5.36. The van der Waals surface area contributed by atoms with Crippen molar-refractivity contribution in [3.8, 4) is 11.3 Å². The number of pyridine rings is 1. The average molecular weight is 386 g/mol. The van der Waals surface area contributed by atoms with Crippen LogP contribution in [-0.2, 0) is 12.8 Å². The molecule has 0 atom stereocenters. The molecule has 4 aromatic rings. The van der Waals surface area contributed by atoms with Gasteiger partial charge >= 0.3 is 0 Å². The number of fused-ring (bicyclic) bond motifs is 3. The molecule has 29 heavy (non-hydrogen) atoms. The van der Waals surface area contributed by atoms with E-state index in [9.17, 15) is 4.39 Å². The van der Waals surface area contributed by atoms with E-state index < -0.39 is 0 Å². The van der Waals surface area contributed by atoms with Gasteiger partial charge in [-0.25, -0.2) is 4.39 Å². The summed E-state index contributed by atoms with van der Waals surface area (Å²) in [6.45, 7) is 9.04. The van der Waals surface area contributed by atoms with Gasteiger partial charge in [0.25, 0.3) is 0 Å². The van der Waals surface area contributed by atoms with E-state index in [4.69, 9.17) is 4.98 Å². The maximum Gasteiger partial charge on any atom is 0.123 e. The van der Waals surface area contributed by atoms with Crippen molar-refractivity contribution < 1.29 is 4.39 Å². The molecule has 3 aromatic carbocycles. The molecule has 0 radical (unpaired) electrons. The van der Waals surface area contributed by atoms with E-state index in [-0.39, 0.29) is 5.82 Å². The predicted molar refractivity (Wildman–Crippen MR) is 122 cm³/mol. The maximum atomic E-state index is 13.7. The van der Waals surface area contributed by atoms with Gasteiger partial charge in [0, 0.05) is 17.1 Å². The van der Waals surface area contributed by atoms with Gasteiger partial charge in [-0.2, -0.15) is 0 Å². The Morgan fingerprint density at radius 3 is 2.03 bits per heavy atom. The summed E-state index contributed by atoms with van der Waals surface area (Å²) < 4.78 is 13.7. The van der Waals surface area contributed by atoms with Gasteiger partial charge in [-0.3, -0.25) is 4.98 Å². The van der Waals surface area contributed by atoms with Gasteiger partial charge in [0.05, 0.1) is 5.69 Å². The second kappa shape index (κ2) is 7.94. The van der Waals surface area contributed by atoms with E-state index in [0.717, 1.165) is 40.1 Å². The minimum Gasteiger partial charge on any atom is -0.256 e. The summed E-state index contributed by atoms with van der Waals surface area (Å²) in [5.41, 5.74) is 4.92. The van der Waals surface area contributed by atoms with E-state index in [1.807, 2.05) is 24.4 Å². The van der Waals surface area contributed by atoms with Gasteiger partial charge in [-0.1, -0.05) is 52.0 Å². The second-order valence-corrected chi connectivity index (χ2v) is 8.92. The van der Waals surface area contributed by atoms with Crippen LogP contribution in [0.1, 0.15) is 38.8 Å².